The fourth-order valence-corrected chi connectivity index (χ4v) is 2.74. The molecule has 1 aromatic carbocycles. The molecule has 6 heteroatoms. The van der Waals surface area contributed by atoms with Crippen molar-refractivity contribution in [1.82, 2.24) is 14.8 Å². The number of aryl methyl sites for hydroxylation is 2. The number of ether oxygens (including phenoxy) is 1. The number of rotatable bonds is 8. The van der Waals surface area contributed by atoms with Crippen molar-refractivity contribution in [3.8, 4) is 5.75 Å². The highest BCUT2D eigenvalue weighted by atomic mass is 16.5. The molecule has 0 saturated heterocycles. The van der Waals surface area contributed by atoms with Crippen molar-refractivity contribution >= 4 is 11.7 Å². The molecule has 0 aliphatic heterocycles. The van der Waals surface area contributed by atoms with E-state index in [-0.39, 0.29) is 5.91 Å². The first-order chi connectivity index (χ1) is 13.3. The zero-order valence-electron chi connectivity index (χ0n) is 15.0. The molecule has 1 aliphatic carbocycles. The van der Waals surface area contributed by atoms with Crippen LogP contribution in [0.4, 0.5) is 5.82 Å². The maximum atomic E-state index is 12.4. The van der Waals surface area contributed by atoms with Crippen LogP contribution in [0.25, 0.3) is 0 Å². The van der Waals surface area contributed by atoms with Crippen LogP contribution in [-0.2, 0) is 13.0 Å². The minimum absolute atomic E-state index is 0.178. The lowest BCUT2D eigenvalue weighted by molar-refractivity contribution is 0.102. The number of hydrogen-bond acceptors (Lipinski definition) is 4. The summed E-state index contributed by atoms with van der Waals surface area (Å²) in [5, 5.41) is 7.24. The highest BCUT2D eigenvalue weighted by Crippen LogP contribution is 2.29. The minimum Gasteiger partial charge on any atom is -0.493 e. The van der Waals surface area contributed by atoms with Crippen molar-refractivity contribution in [2.75, 3.05) is 11.9 Å². The van der Waals surface area contributed by atoms with Crippen LogP contribution < -0.4 is 10.1 Å². The number of nitrogens with one attached hydrogen (secondary N) is 1. The van der Waals surface area contributed by atoms with Gasteiger partial charge < -0.3 is 10.1 Å². The summed E-state index contributed by atoms with van der Waals surface area (Å²) < 4.78 is 7.52. The third kappa shape index (κ3) is 4.94. The topological polar surface area (TPSA) is 69.0 Å². The summed E-state index contributed by atoms with van der Waals surface area (Å²) in [6.07, 6.45) is 8.82. The Hall–Kier alpha value is -3.15. The molecule has 2 aromatic heterocycles. The molecule has 6 nitrogen and oxygen atoms in total. The molecule has 4 rings (SSSR count). The second-order valence-electron chi connectivity index (χ2n) is 6.80. The van der Waals surface area contributed by atoms with Gasteiger partial charge in [-0.2, -0.15) is 5.10 Å². The Balaban J connectivity index is 1.29. The van der Waals surface area contributed by atoms with E-state index in [9.17, 15) is 4.79 Å². The van der Waals surface area contributed by atoms with Gasteiger partial charge in [0.25, 0.3) is 5.91 Å². The SMILES string of the molecule is O=C(Nc1ccn(CCc2ccncc2)n1)c1ccc(OCC2CC2)cc1. The molecule has 27 heavy (non-hydrogen) atoms. The lowest BCUT2D eigenvalue weighted by atomic mass is 10.2. The highest BCUT2D eigenvalue weighted by Gasteiger charge is 2.21. The van der Waals surface area contributed by atoms with Crippen molar-refractivity contribution in [3.05, 3.63) is 72.2 Å². The Morgan fingerprint density at radius 1 is 1.11 bits per heavy atom. The van der Waals surface area contributed by atoms with Crippen molar-refractivity contribution < 1.29 is 9.53 Å². The lowest BCUT2D eigenvalue weighted by Gasteiger charge is -2.06. The van der Waals surface area contributed by atoms with Crippen LogP contribution in [0, 0.1) is 5.92 Å². The minimum atomic E-state index is -0.178. The number of hydrogen-bond donors (Lipinski definition) is 1. The van der Waals surface area contributed by atoms with E-state index in [4.69, 9.17) is 4.74 Å². The number of pyridine rings is 1. The second-order valence-corrected chi connectivity index (χ2v) is 6.80. The van der Waals surface area contributed by atoms with Crippen molar-refractivity contribution in [1.29, 1.82) is 0 Å². The molecular formula is C21H22N4O2. The Morgan fingerprint density at radius 3 is 2.63 bits per heavy atom. The van der Waals surface area contributed by atoms with Gasteiger partial charge in [-0.25, -0.2) is 0 Å². The first-order valence-electron chi connectivity index (χ1n) is 9.23. The molecule has 1 N–H and O–H groups in total. The Bertz CT molecular complexity index is 886. The normalized spacial score (nSPS) is 13.3. The third-order valence-corrected chi connectivity index (χ3v) is 4.56. The van der Waals surface area contributed by atoms with Crippen molar-refractivity contribution in [2.24, 2.45) is 5.92 Å². The number of amides is 1. The van der Waals surface area contributed by atoms with E-state index in [2.05, 4.69) is 15.4 Å². The van der Waals surface area contributed by atoms with Gasteiger partial charge in [0.05, 0.1) is 6.61 Å². The zero-order chi connectivity index (χ0) is 18.5. The monoisotopic (exact) mass is 362 g/mol. The highest BCUT2D eigenvalue weighted by molar-refractivity contribution is 6.03. The number of carbonyl (C=O) groups excluding carboxylic acids is 1. The van der Waals surface area contributed by atoms with Gasteiger partial charge in [0.15, 0.2) is 5.82 Å². The molecule has 2 heterocycles. The molecule has 138 valence electrons. The van der Waals surface area contributed by atoms with Gasteiger partial charge in [-0.1, -0.05) is 0 Å². The average molecular weight is 362 g/mol. The van der Waals surface area contributed by atoms with Crippen molar-refractivity contribution in [2.45, 2.75) is 25.8 Å². The predicted octanol–water partition coefficient (Wildman–Crippen LogP) is 3.56. The van der Waals surface area contributed by atoms with E-state index in [0.29, 0.717) is 17.3 Å². The average Bonchev–Trinajstić information content (AvgIpc) is 3.44. The molecule has 0 spiro atoms. The Kier molecular flexibility index (Phi) is 5.14. The third-order valence-electron chi connectivity index (χ3n) is 4.56. The molecule has 1 amide bonds. The molecule has 0 atom stereocenters. The van der Waals surface area contributed by atoms with Crippen LogP contribution in [0.3, 0.4) is 0 Å². The summed E-state index contributed by atoms with van der Waals surface area (Å²) >= 11 is 0. The van der Waals surface area contributed by atoms with Gasteiger partial charge >= 0.3 is 0 Å². The van der Waals surface area contributed by atoms with E-state index in [0.717, 1.165) is 25.3 Å². The molecule has 1 saturated carbocycles. The first kappa shape index (κ1) is 17.3. The van der Waals surface area contributed by atoms with Gasteiger partial charge in [0.2, 0.25) is 0 Å². The van der Waals surface area contributed by atoms with Crippen LogP contribution in [-0.4, -0.2) is 27.3 Å². The summed E-state index contributed by atoms with van der Waals surface area (Å²) in [5.41, 5.74) is 1.79. The van der Waals surface area contributed by atoms with Crippen LogP contribution >= 0.6 is 0 Å². The summed E-state index contributed by atoms with van der Waals surface area (Å²) in [4.78, 5) is 16.4. The Morgan fingerprint density at radius 2 is 1.89 bits per heavy atom. The maximum Gasteiger partial charge on any atom is 0.256 e. The maximum absolute atomic E-state index is 12.4. The zero-order valence-corrected chi connectivity index (χ0v) is 15.0. The van der Waals surface area contributed by atoms with Crippen molar-refractivity contribution in [3.63, 3.8) is 0 Å². The summed E-state index contributed by atoms with van der Waals surface area (Å²) in [7, 11) is 0. The molecule has 0 radical (unpaired) electrons. The smallest absolute Gasteiger partial charge is 0.256 e. The summed E-state index contributed by atoms with van der Waals surface area (Å²) in [5.74, 6) is 1.88. The lowest BCUT2D eigenvalue weighted by Crippen LogP contribution is -2.13. The molecular weight excluding hydrogens is 340 g/mol. The van der Waals surface area contributed by atoms with Crippen LogP contribution in [0.1, 0.15) is 28.8 Å². The second kappa shape index (κ2) is 8.03. The molecule has 3 aromatic rings. The number of carbonyl (C=O) groups is 1. The van der Waals surface area contributed by atoms with E-state index >= 15 is 0 Å². The quantitative estimate of drug-likeness (QED) is 0.665. The molecule has 1 aliphatic rings. The van der Waals surface area contributed by atoms with E-state index in [1.165, 1.54) is 18.4 Å². The van der Waals surface area contributed by atoms with Crippen LogP contribution in [0.2, 0.25) is 0 Å². The van der Waals surface area contributed by atoms with Gasteiger partial charge in [0, 0.05) is 36.8 Å². The molecule has 1 fully saturated rings. The fraction of sp³-hybridized carbons (Fsp3) is 0.286. The standard InChI is InChI=1S/C21H22N4O2/c26-21(18-3-5-19(6-4-18)27-15-17-1-2-17)23-20-10-14-25(24-20)13-9-16-7-11-22-12-8-16/h3-8,10-12,14,17H,1-2,9,13,15H2,(H,23,24,26). The molecule has 0 bridgehead atoms. The van der Waals surface area contributed by atoms with Gasteiger partial charge in [-0.3, -0.25) is 14.5 Å². The summed E-state index contributed by atoms with van der Waals surface area (Å²) in [6.45, 7) is 1.51. The number of nitrogens with zero attached hydrogens (tertiary/aromatic N) is 3. The van der Waals surface area contributed by atoms with Gasteiger partial charge in [-0.15, -0.1) is 0 Å². The first-order valence-corrected chi connectivity index (χ1v) is 9.23. The fourth-order valence-electron chi connectivity index (χ4n) is 2.74. The van der Waals surface area contributed by atoms with E-state index in [1.54, 1.807) is 30.6 Å². The number of anilines is 1. The largest absolute Gasteiger partial charge is 0.493 e. The Labute approximate surface area is 158 Å². The molecule has 0 unspecified atom stereocenters. The van der Waals surface area contributed by atoms with Crippen LogP contribution in [0.5, 0.6) is 5.75 Å². The number of aromatic nitrogens is 3. The summed E-state index contributed by atoms with van der Waals surface area (Å²) in [6, 6.07) is 13.0. The van der Waals surface area contributed by atoms with E-state index < -0.39 is 0 Å². The predicted molar refractivity (Wildman–Crippen MR) is 103 cm³/mol. The van der Waals surface area contributed by atoms with Gasteiger partial charge in [0.1, 0.15) is 5.75 Å². The van der Waals surface area contributed by atoms with Crippen LogP contribution in [0.15, 0.2) is 61.1 Å². The number of benzene rings is 1. The van der Waals surface area contributed by atoms with Gasteiger partial charge in [-0.05, 0) is 67.1 Å². The van der Waals surface area contributed by atoms with E-state index in [1.807, 2.05) is 35.1 Å².